The molecule has 5 rings (SSSR count). The fraction of sp³-hybridized carbons (Fsp3) is 0.174. The molecule has 7 nitrogen and oxygen atoms in total. The van der Waals surface area contributed by atoms with Gasteiger partial charge in [0.15, 0.2) is 11.5 Å². The van der Waals surface area contributed by atoms with Crippen molar-refractivity contribution in [3.05, 3.63) is 88.0 Å². The molecule has 3 aromatic carbocycles. The number of nitro benzene ring substituents is 1. The number of non-ortho nitro benzene ring substituents is 1. The lowest BCUT2D eigenvalue weighted by molar-refractivity contribution is -0.384. The zero-order valence-electron chi connectivity index (χ0n) is 16.4. The number of benzene rings is 3. The van der Waals surface area contributed by atoms with E-state index in [0.717, 1.165) is 21.7 Å². The molecule has 2 aliphatic heterocycles. The Kier molecular flexibility index (Phi) is 4.99. The summed E-state index contributed by atoms with van der Waals surface area (Å²) in [7, 11) is 0. The molecule has 0 aromatic heterocycles. The lowest BCUT2D eigenvalue weighted by atomic mass is 10.1. The van der Waals surface area contributed by atoms with Crippen LogP contribution in [0.2, 0.25) is 0 Å². The molecule has 0 saturated heterocycles. The SMILES string of the molecule is O=C1CC(c2ccc3c(c2)OCO3)Sc2ccccc2N1Cc1ccc([N+](=O)[O-])cc1. The molecule has 0 fully saturated rings. The molecule has 1 atom stereocenters. The summed E-state index contributed by atoms with van der Waals surface area (Å²) in [5.74, 6) is 1.41. The fourth-order valence-corrected chi connectivity index (χ4v) is 5.03. The minimum atomic E-state index is -0.428. The van der Waals surface area contributed by atoms with Crippen molar-refractivity contribution in [1.29, 1.82) is 0 Å². The molecule has 0 aliphatic carbocycles. The van der Waals surface area contributed by atoms with Crippen molar-refractivity contribution in [2.75, 3.05) is 11.7 Å². The summed E-state index contributed by atoms with van der Waals surface area (Å²) in [6.45, 7) is 0.559. The Morgan fingerprint density at radius 2 is 1.81 bits per heavy atom. The highest BCUT2D eigenvalue weighted by Gasteiger charge is 2.30. The van der Waals surface area contributed by atoms with Gasteiger partial charge < -0.3 is 14.4 Å². The smallest absolute Gasteiger partial charge is 0.269 e. The number of hydrogen-bond donors (Lipinski definition) is 0. The number of thioether (sulfide) groups is 1. The van der Waals surface area contributed by atoms with Gasteiger partial charge in [-0.25, -0.2) is 0 Å². The van der Waals surface area contributed by atoms with Crippen molar-refractivity contribution in [2.45, 2.75) is 23.1 Å². The zero-order chi connectivity index (χ0) is 21.4. The number of hydrogen-bond acceptors (Lipinski definition) is 6. The third-order valence-corrected chi connectivity index (χ3v) is 6.67. The summed E-state index contributed by atoms with van der Waals surface area (Å²) < 4.78 is 10.9. The van der Waals surface area contributed by atoms with E-state index in [9.17, 15) is 14.9 Å². The van der Waals surface area contributed by atoms with Crippen LogP contribution in [0.25, 0.3) is 0 Å². The Labute approximate surface area is 182 Å². The Morgan fingerprint density at radius 3 is 2.61 bits per heavy atom. The summed E-state index contributed by atoms with van der Waals surface area (Å²) in [4.78, 5) is 26.6. The summed E-state index contributed by atoms with van der Waals surface area (Å²) >= 11 is 1.65. The van der Waals surface area contributed by atoms with Gasteiger partial charge in [0.05, 0.1) is 17.2 Å². The Hall–Kier alpha value is -3.52. The number of amides is 1. The molecule has 0 N–H and O–H groups in total. The number of nitro groups is 1. The van der Waals surface area contributed by atoms with Gasteiger partial charge in [0.25, 0.3) is 5.69 Å². The molecule has 8 heteroatoms. The number of rotatable bonds is 4. The van der Waals surface area contributed by atoms with Crippen LogP contribution in [0.4, 0.5) is 11.4 Å². The van der Waals surface area contributed by atoms with Crippen LogP contribution >= 0.6 is 11.8 Å². The zero-order valence-corrected chi connectivity index (χ0v) is 17.2. The van der Waals surface area contributed by atoms with Gasteiger partial charge in [-0.15, -0.1) is 11.8 Å². The second-order valence-corrected chi connectivity index (χ2v) is 8.54. The topological polar surface area (TPSA) is 81.9 Å². The molecular formula is C23H18N2O5S. The molecule has 156 valence electrons. The first-order chi connectivity index (χ1) is 15.1. The maximum absolute atomic E-state index is 13.3. The van der Waals surface area contributed by atoms with Crippen LogP contribution in [0.1, 0.15) is 22.8 Å². The molecule has 1 unspecified atom stereocenters. The molecule has 0 saturated carbocycles. The highest BCUT2D eigenvalue weighted by Crippen LogP contribution is 2.47. The number of nitrogens with zero attached hydrogens (tertiary/aromatic N) is 2. The molecule has 2 aliphatic rings. The van der Waals surface area contributed by atoms with Crippen molar-refractivity contribution in [2.24, 2.45) is 0 Å². The minimum Gasteiger partial charge on any atom is -0.454 e. The first-order valence-electron chi connectivity index (χ1n) is 9.77. The van der Waals surface area contributed by atoms with Crippen LogP contribution < -0.4 is 14.4 Å². The monoisotopic (exact) mass is 434 g/mol. The first kappa shape index (κ1) is 19.4. The van der Waals surface area contributed by atoms with E-state index in [-0.39, 0.29) is 23.6 Å². The predicted octanol–water partition coefficient (Wildman–Crippen LogP) is 5.09. The largest absolute Gasteiger partial charge is 0.454 e. The maximum Gasteiger partial charge on any atom is 0.269 e. The summed E-state index contributed by atoms with van der Waals surface area (Å²) in [6.07, 6.45) is 0.325. The highest BCUT2D eigenvalue weighted by atomic mass is 32.2. The van der Waals surface area contributed by atoms with Gasteiger partial charge in [-0.1, -0.05) is 30.3 Å². The Morgan fingerprint density at radius 1 is 1.03 bits per heavy atom. The molecular weight excluding hydrogens is 416 g/mol. The van der Waals surface area contributed by atoms with Crippen LogP contribution in [0.5, 0.6) is 11.5 Å². The maximum atomic E-state index is 13.3. The average molecular weight is 434 g/mol. The Bertz CT molecular complexity index is 1160. The summed E-state index contributed by atoms with van der Waals surface area (Å²) in [6, 6.07) is 20.0. The second-order valence-electron chi connectivity index (χ2n) is 7.29. The van der Waals surface area contributed by atoms with E-state index in [1.165, 1.54) is 12.1 Å². The summed E-state index contributed by atoms with van der Waals surface area (Å²) in [5.41, 5.74) is 2.72. The molecule has 1 amide bonds. The predicted molar refractivity (Wildman–Crippen MR) is 117 cm³/mol. The van der Waals surface area contributed by atoms with Crippen molar-refractivity contribution < 1.29 is 19.2 Å². The van der Waals surface area contributed by atoms with Gasteiger partial charge in [-0.05, 0) is 35.4 Å². The van der Waals surface area contributed by atoms with Crippen LogP contribution in [-0.2, 0) is 11.3 Å². The van der Waals surface area contributed by atoms with Gasteiger partial charge in [0, 0.05) is 28.7 Å². The molecule has 0 bridgehead atoms. The van der Waals surface area contributed by atoms with E-state index in [1.54, 1.807) is 28.8 Å². The number of ether oxygens (including phenoxy) is 2. The van der Waals surface area contributed by atoms with E-state index in [1.807, 2.05) is 42.5 Å². The molecule has 0 spiro atoms. The van der Waals surface area contributed by atoms with E-state index < -0.39 is 4.92 Å². The van der Waals surface area contributed by atoms with Crippen molar-refractivity contribution in [3.8, 4) is 11.5 Å². The normalized spacial score (nSPS) is 17.2. The van der Waals surface area contributed by atoms with Crippen LogP contribution in [0.15, 0.2) is 71.6 Å². The lowest BCUT2D eigenvalue weighted by Gasteiger charge is -2.22. The van der Waals surface area contributed by atoms with Crippen LogP contribution in [0.3, 0.4) is 0 Å². The van der Waals surface area contributed by atoms with Gasteiger partial charge in [0.1, 0.15) is 0 Å². The molecule has 31 heavy (non-hydrogen) atoms. The summed E-state index contributed by atoms with van der Waals surface area (Å²) in [5, 5.41) is 10.9. The van der Waals surface area contributed by atoms with E-state index in [0.29, 0.717) is 24.5 Å². The molecule has 2 heterocycles. The average Bonchev–Trinajstić information content (AvgIpc) is 3.20. The number of carbonyl (C=O) groups is 1. The van der Waals surface area contributed by atoms with Crippen molar-refractivity contribution in [3.63, 3.8) is 0 Å². The second kappa shape index (κ2) is 7.96. The third-order valence-electron chi connectivity index (χ3n) is 5.34. The molecule has 0 radical (unpaired) electrons. The van der Waals surface area contributed by atoms with Gasteiger partial charge in [0.2, 0.25) is 12.7 Å². The van der Waals surface area contributed by atoms with Gasteiger partial charge in [-0.2, -0.15) is 0 Å². The quantitative estimate of drug-likeness (QED) is 0.420. The van der Waals surface area contributed by atoms with Crippen molar-refractivity contribution >= 4 is 29.0 Å². The van der Waals surface area contributed by atoms with Crippen LogP contribution in [-0.4, -0.2) is 17.6 Å². The van der Waals surface area contributed by atoms with Gasteiger partial charge in [-0.3, -0.25) is 14.9 Å². The number of anilines is 1. The minimum absolute atomic E-state index is 0.00142. The number of carbonyl (C=O) groups excluding carboxylic acids is 1. The van der Waals surface area contributed by atoms with Gasteiger partial charge >= 0.3 is 0 Å². The standard InChI is InChI=1S/C23H18N2O5S/c26-23-12-22(16-7-10-19-20(11-16)30-14-29-19)31-21-4-2-1-3-18(21)24(23)13-15-5-8-17(9-6-15)25(27)28/h1-11,22H,12-14H2. The highest BCUT2D eigenvalue weighted by molar-refractivity contribution is 7.99. The van der Waals surface area contributed by atoms with E-state index in [4.69, 9.17) is 9.47 Å². The first-order valence-corrected chi connectivity index (χ1v) is 10.7. The molecule has 3 aromatic rings. The third kappa shape index (κ3) is 3.82. The van der Waals surface area contributed by atoms with E-state index in [2.05, 4.69) is 0 Å². The number of fused-ring (bicyclic) bond motifs is 2. The van der Waals surface area contributed by atoms with Crippen LogP contribution in [0, 0.1) is 10.1 Å². The lowest BCUT2D eigenvalue weighted by Crippen LogP contribution is -2.30. The Balaban J connectivity index is 1.46. The number of para-hydroxylation sites is 1. The van der Waals surface area contributed by atoms with E-state index >= 15 is 0 Å². The van der Waals surface area contributed by atoms with Crippen molar-refractivity contribution in [1.82, 2.24) is 0 Å². The fourth-order valence-electron chi connectivity index (χ4n) is 3.76.